The molecule has 7 heteroatoms. The second kappa shape index (κ2) is 6.20. The molecule has 1 aromatic carbocycles. The quantitative estimate of drug-likeness (QED) is 0.635. The normalized spacial score (nSPS) is 10.1. The predicted molar refractivity (Wildman–Crippen MR) is 68.2 cm³/mol. The van der Waals surface area contributed by atoms with Gasteiger partial charge < -0.3 is 10.0 Å². The van der Waals surface area contributed by atoms with Crippen molar-refractivity contribution in [3.8, 4) is 0 Å². The fourth-order valence-corrected chi connectivity index (χ4v) is 1.75. The molecule has 0 amide bonds. The number of hydrogen-bond acceptors (Lipinski definition) is 4. The lowest BCUT2D eigenvalue weighted by Crippen LogP contribution is -2.26. The maximum Gasteiger partial charge on any atom is 0.305 e. The van der Waals surface area contributed by atoms with E-state index in [1.54, 1.807) is 11.8 Å². The molecule has 0 aromatic heterocycles. The van der Waals surface area contributed by atoms with E-state index in [2.05, 4.69) is 0 Å². The molecule has 0 unspecified atom stereocenters. The van der Waals surface area contributed by atoms with Crippen LogP contribution in [0.2, 0.25) is 5.02 Å². The second-order valence-corrected chi connectivity index (χ2v) is 4.05. The van der Waals surface area contributed by atoms with E-state index in [1.165, 1.54) is 18.2 Å². The Hall–Kier alpha value is -1.82. The van der Waals surface area contributed by atoms with E-state index in [1.807, 2.05) is 0 Å². The van der Waals surface area contributed by atoms with Crippen molar-refractivity contribution in [1.82, 2.24) is 0 Å². The molecule has 0 saturated carbocycles. The molecule has 0 aliphatic rings. The van der Waals surface area contributed by atoms with Crippen LogP contribution in [0.25, 0.3) is 0 Å². The number of hydrogen-bond donors (Lipinski definition) is 1. The van der Waals surface area contributed by atoms with Crippen LogP contribution in [-0.4, -0.2) is 29.1 Å². The molecule has 0 heterocycles. The lowest BCUT2D eigenvalue weighted by molar-refractivity contribution is -0.384. The van der Waals surface area contributed by atoms with Gasteiger partial charge in [0, 0.05) is 24.2 Å². The van der Waals surface area contributed by atoms with Crippen LogP contribution < -0.4 is 4.90 Å². The van der Waals surface area contributed by atoms with Crippen LogP contribution in [0.1, 0.15) is 13.3 Å². The van der Waals surface area contributed by atoms with Crippen molar-refractivity contribution >= 4 is 28.9 Å². The molecule has 0 aliphatic heterocycles. The Balaban J connectivity index is 3.06. The molecule has 0 bridgehead atoms. The second-order valence-electron chi connectivity index (χ2n) is 3.61. The number of halogens is 1. The Morgan fingerprint density at radius 2 is 2.22 bits per heavy atom. The van der Waals surface area contributed by atoms with Crippen molar-refractivity contribution in [2.24, 2.45) is 0 Å². The zero-order valence-corrected chi connectivity index (χ0v) is 10.6. The van der Waals surface area contributed by atoms with Crippen LogP contribution in [0.4, 0.5) is 11.4 Å². The SMILES string of the molecule is CCN(CCC(=O)O)c1cc(Cl)ccc1[N+](=O)[O-]. The monoisotopic (exact) mass is 272 g/mol. The first kappa shape index (κ1) is 14.2. The van der Waals surface area contributed by atoms with Gasteiger partial charge in [-0.2, -0.15) is 0 Å². The Labute approximate surface area is 109 Å². The lowest BCUT2D eigenvalue weighted by atomic mass is 10.2. The molecule has 0 atom stereocenters. The van der Waals surface area contributed by atoms with Gasteiger partial charge in [-0.25, -0.2) is 0 Å². The molecule has 98 valence electrons. The molecule has 0 saturated heterocycles. The van der Waals surface area contributed by atoms with Crippen molar-refractivity contribution in [3.05, 3.63) is 33.3 Å². The number of anilines is 1. The minimum Gasteiger partial charge on any atom is -0.481 e. The van der Waals surface area contributed by atoms with Crippen LogP contribution in [0.3, 0.4) is 0 Å². The van der Waals surface area contributed by atoms with E-state index in [-0.39, 0.29) is 18.7 Å². The van der Waals surface area contributed by atoms with Crippen LogP contribution in [0.5, 0.6) is 0 Å². The van der Waals surface area contributed by atoms with Gasteiger partial charge in [-0.3, -0.25) is 14.9 Å². The van der Waals surface area contributed by atoms with Gasteiger partial charge in [0.05, 0.1) is 11.3 Å². The maximum atomic E-state index is 10.9. The highest BCUT2D eigenvalue weighted by Gasteiger charge is 2.19. The number of benzene rings is 1. The molecule has 0 spiro atoms. The molecule has 1 N–H and O–H groups in total. The van der Waals surface area contributed by atoms with Crippen LogP contribution in [-0.2, 0) is 4.79 Å². The van der Waals surface area contributed by atoms with E-state index in [0.29, 0.717) is 17.3 Å². The van der Waals surface area contributed by atoms with Crippen molar-refractivity contribution in [2.45, 2.75) is 13.3 Å². The highest BCUT2D eigenvalue weighted by atomic mass is 35.5. The summed E-state index contributed by atoms with van der Waals surface area (Å²) in [7, 11) is 0. The van der Waals surface area contributed by atoms with E-state index < -0.39 is 10.9 Å². The first-order chi connectivity index (χ1) is 8.45. The number of carbonyl (C=O) groups is 1. The van der Waals surface area contributed by atoms with Crippen LogP contribution in [0.15, 0.2) is 18.2 Å². The smallest absolute Gasteiger partial charge is 0.305 e. The summed E-state index contributed by atoms with van der Waals surface area (Å²) in [6.45, 7) is 2.47. The average Bonchev–Trinajstić information content (AvgIpc) is 2.29. The zero-order chi connectivity index (χ0) is 13.7. The van der Waals surface area contributed by atoms with Gasteiger partial charge >= 0.3 is 5.97 Å². The molecule has 0 radical (unpaired) electrons. The largest absolute Gasteiger partial charge is 0.481 e. The summed E-state index contributed by atoms with van der Waals surface area (Å²) >= 11 is 5.82. The fourth-order valence-electron chi connectivity index (χ4n) is 1.58. The van der Waals surface area contributed by atoms with Crippen molar-refractivity contribution in [1.29, 1.82) is 0 Å². The van der Waals surface area contributed by atoms with E-state index in [0.717, 1.165) is 0 Å². The Kier molecular flexibility index (Phi) is 4.91. The number of nitrogens with zero attached hydrogens (tertiary/aromatic N) is 2. The number of carboxylic acid groups (broad SMARTS) is 1. The number of aliphatic carboxylic acids is 1. The topological polar surface area (TPSA) is 83.7 Å². The first-order valence-corrected chi connectivity index (χ1v) is 5.74. The zero-order valence-electron chi connectivity index (χ0n) is 9.80. The standard InChI is InChI=1S/C11H13ClN2O4/c1-2-13(6-5-11(15)16)10-7-8(12)3-4-9(10)14(17)18/h3-4,7H,2,5-6H2,1H3,(H,15,16). The lowest BCUT2D eigenvalue weighted by Gasteiger charge is -2.22. The number of rotatable bonds is 6. The summed E-state index contributed by atoms with van der Waals surface area (Å²) in [5, 5.41) is 19.9. The average molecular weight is 273 g/mol. The Morgan fingerprint density at radius 1 is 1.56 bits per heavy atom. The molecule has 0 fully saturated rings. The third kappa shape index (κ3) is 3.59. The molecular weight excluding hydrogens is 260 g/mol. The maximum absolute atomic E-state index is 10.9. The summed E-state index contributed by atoms with van der Waals surface area (Å²) in [4.78, 5) is 22.6. The van der Waals surface area contributed by atoms with Gasteiger partial charge in [-0.1, -0.05) is 11.6 Å². The van der Waals surface area contributed by atoms with Crippen LogP contribution in [0, 0.1) is 10.1 Å². The van der Waals surface area contributed by atoms with Gasteiger partial charge in [0.15, 0.2) is 0 Å². The van der Waals surface area contributed by atoms with Gasteiger partial charge in [0.25, 0.3) is 5.69 Å². The molecule has 0 aliphatic carbocycles. The summed E-state index contributed by atoms with van der Waals surface area (Å²) < 4.78 is 0. The summed E-state index contributed by atoms with van der Waals surface area (Å²) in [6.07, 6.45) is -0.0858. The number of nitro groups is 1. The van der Waals surface area contributed by atoms with Crippen molar-refractivity contribution in [3.63, 3.8) is 0 Å². The molecule has 1 aromatic rings. The summed E-state index contributed by atoms with van der Waals surface area (Å²) in [6, 6.07) is 4.24. The third-order valence-electron chi connectivity index (χ3n) is 2.45. The Morgan fingerprint density at radius 3 is 2.72 bits per heavy atom. The van der Waals surface area contributed by atoms with E-state index >= 15 is 0 Å². The highest BCUT2D eigenvalue weighted by molar-refractivity contribution is 6.31. The van der Waals surface area contributed by atoms with E-state index in [4.69, 9.17) is 16.7 Å². The third-order valence-corrected chi connectivity index (χ3v) is 2.69. The number of nitro benzene ring substituents is 1. The fraction of sp³-hybridized carbons (Fsp3) is 0.364. The summed E-state index contributed by atoms with van der Waals surface area (Å²) in [5.41, 5.74) is 0.267. The van der Waals surface area contributed by atoms with E-state index in [9.17, 15) is 14.9 Å². The minimum absolute atomic E-state index is 0.0772. The van der Waals surface area contributed by atoms with Crippen molar-refractivity contribution < 1.29 is 14.8 Å². The molecule has 1 rings (SSSR count). The van der Waals surface area contributed by atoms with Crippen LogP contribution >= 0.6 is 11.6 Å². The molecular formula is C11H13ClN2O4. The minimum atomic E-state index is -0.946. The summed E-state index contributed by atoms with van der Waals surface area (Å²) in [5.74, 6) is -0.946. The number of carboxylic acids is 1. The molecule has 6 nitrogen and oxygen atoms in total. The highest BCUT2D eigenvalue weighted by Crippen LogP contribution is 2.31. The van der Waals surface area contributed by atoms with Gasteiger partial charge in [0.2, 0.25) is 0 Å². The van der Waals surface area contributed by atoms with Gasteiger partial charge in [0.1, 0.15) is 5.69 Å². The van der Waals surface area contributed by atoms with Gasteiger partial charge in [-0.05, 0) is 19.1 Å². The molecule has 18 heavy (non-hydrogen) atoms. The first-order valence-electron chi connectivity index (χ1n) is 5.36. The van der Waals surface area contributed by atoms with Crippen molar-refractivity contribution in [2.75, 3.05) is 18.0 Å². The van der Waals surface area contributed by atoms with Gasteiger partial charge in [-0.15, -0.1) is 0 Å². The predicted octanol–water partition coefficient (Wildman–Crippen LogP) is 2.55. The Bertz CT molecular complexity index is 464.